The van der Waals surface area contributed by atoms with Crippen LogP contribution in [0.5, 0.6) is 11.5 Å². The van der Waals surface area contributed by atoms with Crippen LogP contribution in [-0.2, 0) is 9.59 Å². The Balaban J connectivity index is 1.49. The first-order valence-electron chi connectivity index (χ1n) is 11.9. The van der Waals surface area contributed by atoms with E-state index in [2.05, 4.69) is 0 Å². The number of aromatic carboxylic acids is 1. The highest BCUT2D eigenvalue weighted by Gasteiger charge is 2.42. The number of Topliss-reactive ketones (excluding diaryl/α,β-unsaturated/α-hetero) is 1. The van der Waals surface area contributed by atoms with Crippen LogP contribution in [0.1, 0.15) is 52.6 Å². The van der Waals surface area contributed by atoms with Gasteiger partial charge in [0.15, 0.2) is 17.3 Å². The molecule has 6 rings (SSSR count). The van der Waals surface area contributed by atoms with Crippen molar-refractivity contribution in [3.8, 4) is 11.5 Å². The number of amides is 1. The Bertz CT molecular complexity index is 1430. The van der Waals surface area contributed by atoms with Crippen LogP contribution in [0.3, 0.4) is 0 Å². The van der Waals surface area contributed by atoms with Crippen LogP contribution < -0.4 is 14.4 Å². The van der Waals surface area contributed by atoms with Crippen LogP contribution in [0.2, 0.25) is 0 Å². The van der Waals surface area contributed by atoms with Gasteiger partial charge in [-0.1, -0.05) is 42.5 Å². The maximum absolute atomic E-state index is 13.7. The third kappa shape index (κ3) is 3.73. The SMILES string of the molecule is O=C1CC(c2ccccc2)CC2=C1C(c1ccc3c(c1)OCO3)CC(=O)N2c1cccc(C(=O)O)c1. The fourth-order valence-electron chi connectivity index (χ4n) is 5.49. The van der Waals surface area contributed by atoms with Crippen molar-refractivity contribution in [1.82, 2.24) is 0 Å². The lowest BCUT2D eigenvalue weighted by atomic mass is 9.72. The standard InChI is InChI=1S/C29H23NO6/c31-24-13-20(17-5-2-1-3-6-17)12-23-28(24)22(18-9-10-25-26(14-18)36-16-35-25)15-27(32)30(23)21-8-4-7-19(11-21)29(33)34/h1-11,14,20,22H,12-13,15-16H2,(H,33,34). The Morgan fingerprint density at radius 2 is 1.64 bits per heavy atom. The number of rotatable bonds is 4. The van der Waals surface area contributed by atoms with Crippen LogP contribution >= 0.6 is 0 Å². The van der Waals surface area contributed by atoms with Gasteiger partial charge < -0.3 is 14.6 Å². The lowest BCUT2D eigenvalue weighted by Gasteiger charge is -2.40. The number of ketones is 1. The molecule has 7 nitrogen and oxygen atoms in total. The molecule has 7 heteroatoms. The van der Waals surface area contributed by atoms with E-state index in [9.17, 15) is 19.5 Å². The molecule has 3 aromatic carbocycles. The van der Waals surface area contributed by atoms with Gasteiger partial charge in [-0.15, -0.1) is 0 Å². The van der Waals surface area contributed by atoms with E-state index in [1.807, 2.05) is 48.5 Å². The first kappa shape index (κ1) is 22.1. The number of carboxylic acid groups (broad SMARTS) is 1. The molecule has 3 aromatic rings. The highest BCUT2D eigenvalue weighted by Crippen LogP contribution is 2.48. The van der Waals surface area contributed by atoms with Crippen molar-refractivity contribution in [3.63, 3.8) is 0 Å². The van der Waals surface area contributed by atoms with Gasteiger partial charge in [0, 0.05) is 35.7 Å². The molecule has 0 bridgehead atoms. The van der Waals surface area contributed by atoms with E-state index < -0.39 is 11.9 Å². The Kier molecular flexibility index (Phi) is 5.33. The second kappa shape index (κ2) is 8.68. The molecule has 0 fully saturated rings. The molecule has 0 saturated heterocycles. The quantitative estimate of drug-likeness (QED) is 0.562. The molecule has 3 aliphatic rings. The van der Waals surface area contributed by atoms with Gasteiger partial charge in [0.1, 0.15) is 0 Å². The Labute approximate surface area is 207 Å². The fourth-order valence-corrected chi connectivity index (χ4v) is 5.49. The molecule has 2 unspecified atom stereocenters. The zero-order valence-corrected chi connectivity index (χ0v) is 19.3. The highest BCUT2D eigenvalue weighted by atomic mass is 16.7. The van der Waals surface area contributed by atoms with E-state index in [4.69, 9.17) is 9.47 Å². The van der Waals surface area contributed by atoms with E-state index in [1.165, 1.54) is 12.1 Å². The van der Waals surface area contributed by atoms with E-state index in [-0.39, 0.29) is 36.4 Å². The summed E-state index contributed by atoms with van der Waals surface area (Å²) in [6.07, 6.45) is 0.938. The second-order valence-corrected chi connectivity index (χ2v) is 9.25. The minimum Gasteiger partial charge on any atom is -0.478 e. The first-order valence-corrected chi connectivity index (χ1v) is 11.9. The number of carbonyl (C=O) groups is 3. The van der Waals surface area contributed by atoms with Crippen molar-refractivity contribution in [2.75, 3.05) is 11.7 Å². The van der Waals surface area contributed by atoms with Gasteiger partial charge in [-0.2, -0.15) is 0 Å². The summed E-state index contributed by atoms with van der Waals surface area (Å²) in [5.41, 5.74) is 3.66. The monoisotopic (exact) mass is 481 g/mol. The van der Waals surface area contributed by atoms with Gasteiger partial charge in [0.2, 0.25) is 12.7 Å². The summed E-state index contributed by atoms with van der Waals surface area (Å²) in [5.74, 6) is -0.503. The summed E-state index contributed by atoms with van der Waals surface area (Å²) in [6, 6.07) is 21.7. The Morgan fingerprint density at radius 1 is 0.833 bits per heavy atom. The number of benzene rings is 3. The van der Waals surface area contributed by atoms with Crippen LogP contribution in [0.25, 0.3) is 0 Å². The van der Waals surface area contributed by atoms with Gasteiger partial charge >= 0.3 is 5.97 Å². The average molecular weight is 482 g/mol. The minimum absolute atomic E-state index is 0.000316. The average Bonchev–Trinajstić information content (AvgIpc) is 3.36. The number of carboxylic acids is 1. The maximum atomic E-state index is 13.7. The molecule has 36 heavy (non-hydrogen) atoms. The third-order valence-corrected chi connectivity index (χ3v) is 7.15. The van der Waals surface area contributed by atoms with E-state index in [1.54, 1.807) is 17.0 Å². The Morgan fingerprint density at radius 3 is 2.44 bits per heavy atom. The first-order chi connectivity index (χ1) is 17.5. The molecule has 1 aliphatic carbocycles. The zero-order valence-electron chi connectivity index (χ0n) is 19.3. The molecule has 180 valence electrons. The summed E-state index contributed by atoms with van der Waals surface area (Å²) in [4.78, 5) is 40.6. The van der Waals surface area contributed by atoms with Crippen LogP contribution in [0.4, 0.5) is 5.69 Å². The van der Waals surface area contributed by atoms with E-state index >= 15 is 0 Å². The lowest BCUT2D eigenvalue weighted by molar-refractivity contribution is -0.120. The zero-order chi connectivity index (χ0) is 24.8. The van der Waals surface area contributed by atoms with Gasteiger partial charge in [-0.05, 0) is 53.8 Å². The second-order valence-electron chi connectivity index (χ2n) is 9.25. The number of nitrogens with zero attached hydrogens (tertiary/aromatic N) is 1. The summed E-state index contributed by atoms with van der Waals surface area (Å²) in [6.45, 7) is 0.141. The molecule has 0 spiro atoms. The number of ether oxygens (including phenoxy) is 2. The number of hydrogen-bond acceptors (Lipinski definition) is 5. The molecule has 0 aromatic heterocycles. The highest BCUT2D eigenvalue weighted by molar-refractivity contribution is 6.08. The molecule has 0 saturated carbocycles. The molecule has 2 atom stereocenters. The van der Waals surface area contributed by atoms with Crippen molar-refractivity contribution >= 4 is 23.3 Å². The summed E-state index contributed by atoms with van der Waals surface area (Å²) < 4.78 is 11.0. The fraction of sp³-hybridized carbons (Fsp3) is 0.207. The van der Waals surface area contributed by atoms with E-state index in [0.717, 1.165) is 11.1 Å². The van der Waals surface area contributed by atoms with Crippen molar-refractivity contribution < 1.29 is 29.0 Å². The van der Waals surface area contributed by atoms with Crippen molar-refractivity contribution in [3.05, 3.63) is 101 Å². The van der Waals surface area contributed by atoms with Gasteiger partial charge in [0.25, 0.3) is 0 Å². The molecular weight excluding hydrogens is 458 g/mol. The topological polar surface area (TPSA) is 93.1 Å². The van der Waals surface area contributed by atoms with Gasteiger partial charge in [0.05, 0.1) is 5.56 Å². The normalized spacial score (nSPS) is 20.9. The van der Waals surface area contributed by atoms with Crippen LogP contribution in [-0.4, -0.2) is 29.6 Å². The summed E-state index contributed by atoms with van der Waals surface area (Å²) in [5, 5.41) is 9.51. The number of allylic oxidation sites excluding steroid dienone is 2. The smallest absolute Gasteiger partial charge is 0.335 e. The number of hydrogen-bond donors (Lipinski definition) is 1. The molecule has 0 radical (unpaired) electrons. The van der Waals surface area contributed by atoms with E-state index in [0.29, 0.717) is 41.3 Å². The van der Waals surface area contributed by atoms with Crippen LogP contribution in [0.15, 0.2) is 84.1 Å². The number of fused-ring (bicyclic) bond motifs is 1. The summed E-state index contributed by atoms with van der Waals surface area (Å²) >= 11 is 0. The lowest BCUT2D eigenvalue weighted by Crippen LogP contribution is -2.41. The minimum atomic E-state index is -1.07. The number of carbonyl (C=O) groups excluding carboxylic acids is 2. The van der Waals surface area contributed by atoms with Crippen LogP contribution in [0, 0.1) is 0 Å². The largest absolute Gasteiger partial charge is 0.478 e. The Hall–Kier alpha value is -4.39. The van der Waals surface area contributed by atoms with Gasteiger partial charge in [-0.25, -0.2) is 4.79 Å². The molecule has 1 amide bonds. The predicted molar refractivity (Wildman–Crippen MR) is 131 cm³/mol. The molecular formula is C29H23NO6. The van der Waals surface area contributed by atoms with Crippen molar-refractivity contribution in [2.24, 2.45) is 0 Å². The molecule has 1 N–H and O–H groups in total. The summed E-state index contributed by atoms with van der Waals surface area (Å²) in [7, 11) is 0. The number of anilines is 1. The van der Waals surface area contributed by atoms with Gasteiger partial charge in [-0.3, -0.25) is 14.5 Å². The molecule has 2 heterocycles. The van der Waals surface area contributed by atoms with Crippen molar-refractivity contribution in [2.45, 2.75) is 31.1 Å². The predicted octanol–water partition coefficient (Wildman–Crippen LogP) is 5.03. The molecule has 2 aliphatic heterocycles. The third-order valence-electron chi connectivity index (χ3n) is 7.15. The maximum Gasteiger partial charge on any atom is 0.335 e. The van der Waals surface area contributed by atoms with Crippen molar-refractivity contribution in [1.29, 1.82) is 0 Å².